The monoisotopic (exact) mass is 244 g/mol. The van der Waals surface area contributed by atoms with Crippen molar-refractivity contribution < 1.29 is 10.2 Å². The zero-order valence-electron chi connectivity index (χ0n) is 10.2. The molecule has 4 heteroatoms. The summed E-state index contributed by atoms with van der Waals surface area (Å²) in [5.41, 5.74) is 1.88. The molecule has 0 spiro atoms. The predicted molar refractivity (Wildman–Crippen MR) is 69.3 cm³/mol. The number of phenolic OH excluding ortho intramolecular Hbond substituents is 2. The predicted octanol–water partition coefficient (Wildman–Crippen LogP) is 2.34. The van der Waals surface area contributed by atoms with Crippen LogP contribution in [-0.4, -0.2) is 15.2 Å². The molecule has 1 atom stereocenters. The molecule has 0 unspecified atom stereocenters. The average Bonchev–Trinajstić information content (AvgIpc) is 2.41. The Morgan fingerprint density at radius 3 is 2.67 bits per heavy atom. The molecule has 1 aromatic heterocycles. The number of aromatic nitrogens is 1. The second kappa shape index (κ2) is 5.51. The van der Waals surface area contributed by atoms with Gasteiger partial charge in [0, 0.05) is 18.8 Å². The number of nitrogens with zero attached hydrogens (tertiary/aromatic N) is 1. The summed E-state index contributed by atoms with van der Waals surface area (Å²) >= 11 is 0. The fraction of sp³-hybridized carbons (Fsp3) is 0.214. The molecular weight excluding hydrogens is 228 g/mol. The molecule has 0 bridgehead atoms. The van der Waals surface area contributed by atoms with Gasteiger partial charge in [-0.15, -0.1) is 0 Å². The third kappa shape index (κ3) is 2.99. The summed E-state index contributed by atoms with van der Waals surface area (Å²) in [6.07, 6.45) is 1.76. The summed E-state index contributed by atoms with van der Waals surface area (Å²) in [4.78, 5) is 4.27. The third-order valence-corrected chi connectivity index (χ3v) is 2.78. The van der Waals surface area contributed by atoms with E-state index in [4.69, 9.17) is 0 Å². The van der Waals surface area contributed by atoms with Crippen LogP contribution in [0, 0.1) is 0 Å². The fourth-order valence-corrected chi connectivity index (χ4v) is 1.69. The molecule has 4 nitrogen and oxygen atoms in total. The van der Waals surface area contributed by atoms with Gasteiger partial charge in [-0.25, -0.2) is 0 Å². The minimum atomic E-state index is -0.100. The van der Waals surface area contributed by atoms with E-state index in [2.05, 4.69) is 10.3 Å². The van der Waals surface area contributed by atoms with E-state index in [0.717, 1.165) is 11.3 Å². The normalized spacial score (nSPS) is 12.3. The first-order chi connectivity index (χ1) is 8.66. The Labute approximate surface area is 106 Å². The molecule has 0 fully saturated rings. The van der Waals surface area contributed by atoms with Crippen LogP contribution in [0.25, 0.3) is 0 Å². The third-order valence-electron chi connectivity index (χ3n) is 2.78. The highest BCUT2D eigenvalue weighted by Gasteiger charge is 2.06. The van der Waals surface area contributed by atoms with Gasteiger partial charge in [0.2, 0.25) is 0 Å². The fourth-order valence-electron chi connectivity index (χ4n) is 1.69. The van der Waals surface area contributed by atoms with E-state index in [1.165, 1.54) is 6.07 Å². The summed E-state index contributed by atoms with van der Waals surface area (Å²) in [6, 6.07) is 10.7. The van der Waals surface area contributed by atoms with Gasteiger partial charge in [-0.05, 0) is 36.8 Å². The lowest BCUT2D eigenvalue weighted by atomic mass is 10.1. The first kappa shape index (κ1) is 12.4. The molecule has 0 radical (unpaired) electrons. The molecule has 0 amide bonds. The first-order valence-electron chi connectivity index (χ1n) is 5.82. The van der Waals surface area contributed by atoms with Crippen LogP contribution in [0.4, 0.5) is 0 Å². The lowest BCUT2D eigenvalue weighted by Crippen LogP contribution is -2.18. The Kier molecular flexibility index (Phi) is 3.79. The Morgan fingerprint density at radius 1 is 1.17 bits per heavy atom. The molecule has 18 heavy (non-hydrogen) atoms. The summed E-state index contributed by atoms with van der Waals surface area (Å²) in [5.74, 6) is -0.198. The van der Waals surface area contributed by atoms with Gasteiger partial charge in [0.05, 0.1) is 5.69 Å². The second-order valence-corrected chi connectivity index (χ2v) is 4.18. The van der Waals surface area contributed by atoms with Crippen molar-refractivity contribution in [1.29, 1.82) is 0 Å². The quantitative estimate of drug-likeness (QED) is 0.722. The highest BCUT2D eigenvalue weighted by Crippen LogP contribution is 2.25. The van der Waals surface area contributed by atoms with Crippen molar-refractivity contribution in [2.75, 3.05) is 0 Å². The van der Waals surface area contributed by atoms with E-state index in [1.807, 2.05) is 25.1 Å². The van der Waals surface area contributed by atoms with Crippen molar-refractivity contribution in [2.24, 2.45) is 0 Å². The number of benzene rings is 1. The van der Waals surface area contributed by atoms with Gasteiger partial charge in [-0.3, -0.25) is 4.98 Å². The lowest BCUT2D eigenvalue weighted by molar-refractivity contribution is 0.402. The molecule has 0 aliphatic carbocycles. The Bertz CT molecular complexity index is 514. The first-order valence-corrected chi connectivity index (χ1v) is 5.82. The molecule has 0 saturated heterocycles. The van der Waals surface area contributed by atoms with Crippen LogP contribution in [0.5, 0.6) is 11.5 Å². The topological polar surface area (TPSA) is 65.4 Å². The highest BCUT2D eigenvalue weighted by atomic mass is 16.3. The van der Waals surface area contributed by atoms with Crippen molar-refractivity contribution in [3.05, 3.63) is 53.9 Å². The largest absolute Gasteiger partial charge is 0.504 e. The second-order valence-electron chi connectivity index (χ2n) is 4.18. The van der Waals surface area contributed by atoms with Gasteiger partial charge in [0.1, 0.15) is 0 Å². The maximum Gasteiger partial charge on any atom is 0.157 e. The van der Waals surface area contributed by atoms with Gasteiger partial charge < -0.3 is 15.5 Å². The number of nitrogens with one attached hydrogen (secondary N) is 1. The molecule has 3 N–H and O–H groups in total. The van der Waals surface area contributed by atoms with Crippen molar-refractivity contribution in [3.8, 4) is 11.5 Å². The number of rotatable bonds is 4. The van der Waals surface area contributed by atoms with Crippen molar-refractivity contribution in [3.63, 3.8) is 0 Å². The summed E-state index contributed by atoms with van der Waals surface area (Å²) < 4.78 is 0. The van der Waals surface area contributed by atoms with E-state index < -0.39 is 0 Å². The number of pyridine rings is 1. The zero-order chi connectivity index (χ0) is 13.0. The Morgan fingerprint density at radius 2 is 2.00 bits per heavy atom. The van der Waals surface area contributed by atoms with Crippen LogP contribution < -0.4 is 5.32 Å². The van der Waals surface area contributed by atoms with Gasteiger partial charge in [-0.2, -0.15) is 0 Å². The van der Waals surface area contributed by atoms with Gasteiger partial charge in [0.25, 0.3) is 0 Å². The van der Waals surface area contributed by atoms with Crippen molar-refractivity contribution >= 4 is 0 Å². The number of hydrogen-bond donors (Lipinski definition) is 3. The Hall–Kier alpha value is -2.07. The van der Waals surface area contributed by atoms with E-state index in [0.29, 0.717) is 6.54 Å². The molecule has 94 valence electrons. The maximum atomic E-state index is 9.39. The zero-order valence-corrected chi connectivity index (χ0v) is 10.2. The van der Waals surface area contributed by atoms with E-state index >= 15 is 0 Å². The van der Waals surface area contributed by atoms with Gasteiger partial charge in [-0.1, -0.05) is 12.1 Å². The summed E-state index contributed by atoms with van der Waals surface area (Å²) in [5, 5.41) is 21.9. The molecule has 0 aliphatic rings. The number of hydrogen-bond acceptors (Lipinski definition) is 4. The smallest absolute Gasteiger partial charge is 0.157 e. The van der Waals surface area contributed by atoms with Crippen molar-refractivity contribution in [1.82, 2.24) is 10.3 Å². The minimum absolute atomic E-state index is 0.0974. The molecule has 1 heterocycles. The highest BCUT2D eigenvalue weighted by molar-refractivity contribution is 5.40. The van der Waals surface area contributed by atoms with E-state index in [9.17, 15) is 10.2 Å². The number of phenols is 2. The minimum Gasteiger partial charge on any atom is -0.504 e. The Balaban J connectivity index is 1.97. The van der Waals surface area contributed by atoms with Crippen LogP contribution in [0.2, 0.25) is 0 Å². The van der Waals surface area contributed by atoms with E-state index in [-0.39, 0.29) is 17.5 Å². The molecule has 1 aromatic carbocycles. The van der Waals surface area contributed by atoms with Crippen LogP contribution in [0.3, 0.4) is 0 Å². The lowest BCUT2D eigenvalue weighted by Gasteiger charge is -2.13. The molecule has 2 rings (SSSR count). The standard InChI is InChI=1S/C14H16N2O2/c1-10(12-4-2-3-7-15-12)16-9-11-5-6-13(17)14(18)8-11/h2-8,10,16-18H,9H2,1H3/t10-/m0/s1. The summed E-state index contributed by atoms with van der Waals surface area (Å²) in [7, 11) is 0. The van der Waals surface area contributed by atoms with Gasteiger partial charge in [0.15, 0.2) is 11.5 Å². The maximum absolute atomic E-state index is 9.39. The van der Waals surface area contributed by atoms with Crippen molar-refractivity contribution in [2.45, 2.75) is 19.5 Å². The average molecular weight is 244 g/mol. The van der Waals surface area contributed by atoms with Crippen LogP contribution in [0.1, 0.15) is 24.2 Å². The van der Waals surface area contributed by atoms with Gasteiger partial charge >= 0.3 is 0 Å². The molecule has 0 aliphatic heterocycles. The van der Waals surface area contributed by atoms with Crippen LogP contribution >= 0.6 is 0 Å². The number of aromatic hydroxyl groups is 2. The van der Waals surface area contributed by atoms with Crippen LogP contribution in [0.15, 0.2) is 42.6 Å². The molecule has 2 aromatic rings. The van der Waals surface area contributed by atoms with Crippen LogP contribution in [-0.2, 0) is 6.54 Å². The SMILES string of the molecule is C[C@H](NCc1ccc(O)c(O)c1)c1ccccn1. The molecular formula is C14H16N2O2. The van der Waals surface area contributed by atoms with E-state index in [1.54, 1.807) is 18.3 Å². The molecule has 0 saturated carbocycles. The summed E-state index contributed by atoms with van der Waals surface area (Å²) in [6.45, 7) is 2.63.